The van der Waals surface area contributed by atoms with Gasteiger partial charge in [-0.25, -0.2) is 4.79 Å². The molecule has 4 nitrogen and oxygen atoms in total. The summed E-state index contributed by atoms with van der Waals surface area (Å²) in [6.07, 6.45) is 0. The van der Waals surface area contributed by atoms with Crippen molar-refractivity contribution in [1.29, 1.82) is 0 Å². The lowest BCUT2D eigenvalue weighted by atomic mass is 10.1. The van der Waals surface area contributed by atoms with Gasteiger partial charge in [0, 0.05) is 6.54 Å². The van der Waals surface area contributed by atoms with Gasteiger partial charge in [-0.2, -0.15) is 8.78 Å². The van der Waals surface area contributed by atoms with Crippen molar-refractivity contribution in [1.82, 2.24) is 5.32 Å². The summed E-state index contributed by atoms with van der Waals surface area (Å²) in [6, 6.07) is 10.2. The number of benzene rings is 2. The molecule has 0 spiro atoms. The molecule has 0 atom stereocenters. The second-order valence-electron chi connectivity index (χ2n) is 5.56. The maximum Gasteiger partial charge on any atom is 0.387 e. The minimum Gasteiger partial charge on any atom is -0.433 e. The third-order valence-corrected chi connectivity index (χ3v) is 3.63. The molecule has 2 rings (SSSR count). The minimum atomic E-state index is -2.95. The lowest BCUT2D eigenvalue weighted by molar-refractivity contribution is -0.0493. The highest BCUT2D eigenvalue weighted by atomic mass is 19.3. The average molecular weight is 334 g/mol. The summed E-state index contributed by atoms with van der Waals surface area (Å²) in [4.78, 5) is 12.1. The van der Waals surface area contributed by atoms with E-state index in [2.05, 4.69) is 15.4 Å². The van der Waals surface area contributed by atoms with Crippen LogP contribution in [0, 0.1) is 20.8 Å². The number of para-hydroxylation sites is 1. The maximum atomic E-state index is 12.5. The Bertz CT molecular complexity index is 733. The Kier molecular flexibility index (Phi) is 5.73. The Morgan fingerprint density at radius 1 is 1.12 bits per heavy atom. The van der Waals surface area contributed by atoms with Crippen molar-refractivity contribution in [3.8, 4) is 5.75 Å². The second-order valence-corrected chi connectivity index (χ2v) is 5.56. The first kappa shape index (κ1) is 17.7. The van der Waals surface area contributed by atoms with Crippen LogP contribution in [0.4, 0.5) is 19.3 Å². The summed E-state index contributed by atoms with van der Waals surface area (Å²) in [5.41, 5.74) is 4.08. The maximum absolute atomic E-state index is 12.5. The lowest BCUT2D eigenvalue weighted by Crippen LogP contribution is -2.29. The highest BCUT2D eigenvalue weighted by molar-refractivity contribution is 5.91. The van der Waals surface area contributed by atoms with Gasteiger partial charge in [-0.15, -0.1) is 0 Å². The molecule has 0 saturated heterocycles. The Hall–Kier alpha value is -2.63. The summed E-state index contributed by atoms with van der Waals surface area (Å²) < 4.78 is 29.4. The molecule has 24 heavy (non-hydrogen) atoms. The van der Waals surface area contributed by atoms with Crippen LogP contribution in [0.15, 0.2) is 36.4 Å². The SMILES string of the molecule is Cc1ccc(CNC(=O)Nc2c(C)cccc2OC(F)F)c(C)c1. The molecule has 0 aliphatic carbocycles. The molecule has 0 unspecified atom stereocenters. The lowest BCUT2D eigenvalue weighted by Gasteiger charge is -2.15. The van der Waals surface area contributed by atoms with E-state index in [9.17, 15) is 13.6 Å². The van der Waals surface area contributed by atoms with Crippen LogP contribution in [-0.2, 0) is 6.54 Å². The average Bonchev–Trinajstić information content (AvgIpc) is 2.49. The van der Waals surface area contributed by atoms with Crippen LogP contribution in [0.1, 0.15) is 22.3 Å². The van der Waals surface area contributed by atoms with Crippen LogP contribution in [0.25, 0.3) is 0 Å². The number of carbonyl (C=O) groups is 1. The normalized spacial score (nSPS) is 10.6. The number of carbonyl (C=O) groups excluding carboxylic acids is 1. The molecular formula is C18H20F2N2O2. The van der Waals surface area contributed by atoms with Crippen molar-refractivity contribution in [3.63, 3.8) is 0 Å². The Morgan fingerprint density at radius 3 is 2.54 bits per heavy atom. The van der Waals surface area contributed by atoms with Crippen LogP contribution >= 0.6 is 0 Å². The van der Waals surface area contributed by atoms with E-state index in [1.165, 1.54) is 6.07 Å². The van der Waals surface area contributed by atoms with E-state index < -0.39 is 12.6 Å². The third kappa shape index (κ3) is 4.68. The molecule has 2 amide bonds. The van der Waals surface area contributed by atoms with Gasteiger partial charge in [-0.1, -0.05) is 35.9 Å². The molecule has 0 bridgehead atoms. The topological polar surface area (TPSA) is 50.4 Å². The predicted octanol–water partition coefficient (Wildman–Crippen LogP) is 4.53. The van der Waals surface area contributed by atoms with Crippen LogP contribution in [0.2, 0.25) is 0 Å². The molecule has 128 valence electrons. The Morgan fingerprint density at radius 2 is 1.88 bits per heavy atom. The van der Waals surface area contributed by atoms with Gasteiger partial charge in [0.1, 0.15) is 5.75 Å². The van der Waals surface area contributed by atoms with Crippen LogP contribution in [0.5, 0.6) is 5.75 Å². The van der Waals surface area contributed by atoms with E-state index in [1.54, 1.807) is 19.1 Å². The summed E-state index contributed by atoms with van der Waals surface area (Å²) in [5.74, 6) is -0.0633. The molecule has 0 fully saturated rings. The van der Waals surface area contributed by atoms with Gasteiger partial charge in [0.05, 0.1) is 5.69 Å². The first-order valence-corrected chi connectivity index (χ1v) is 7.52. The molecule has 0 radical (unpaired) electrons. The quantitative estimate of drug-likeness (QED) is 0.844. The fourth-order valence-electron chi connectivity index (χ4n) is 2.37. The largest absolute Gasteiger partial charge is 0.433 e. The Balaban J connectivity index is 2.04. The molecule has 0 aliphatic heterocycles. The van der Waals surface area contributed by atoms with Gasteiger partial charge < -0.3 is 15.4 Å². The molecule has 6 heteroatoms. The first-order valence-electron chi connectivity index (χ1n) is 7.52. The molecule has 0 aliphatic rings. The summed E-state index contributed by atoms with van der Waals surface area (Å²) in [7, 11) is 0. The number of alkyl halides is 2. The molecule has 0 aromatic heterocycles. The zero-order valence-electron chi connectivity index (χ0n) is 13.8. The highest BCUT2D eigenvalue weighted by Gasteiger charge is 2.14. The fraction of sp³-hybridized carbons (Fsp3) is 0.278. The molecule has 0 heterocycles. The van der Waals surface area contributed by atoms with Gasteiger partial charge in [0.25, 0.3) is 0 Å². The van der Waals surface area contributed by atoms with E-state index in [-0.39, 0.29) is 11.4 Å². The van der Waals surface area contributed by atoms with Crippen molar-refractivity contribution in [2.45, 2.75) is 33.9 Å². The number of ether oxygens (including phenoxy) is 1. The van der Waals surface area contributed by atoms with Gasteiger partial charge in [-0.3, -0.25) is 0 Å². The summed E-state index contributed by atoms with van der Waals surface area (Å²) in [6.45, 7) is 3.07. The van der Waals surface area contributed by atoms with Crippen molar-refractivity contribution in [2.24, 2.45) is 0 Å². The van der Waals surface area contributed by atoms with Crippen LogP contribution < -0.4 is 15.4 Å². The van der Waals surface area contributed by atoms with E-state index >= 15 is 0 Å². The minimum absolute atomic E-state index is 0.0633. The number of amides is 2. The first-order chi connectivity index (χ1) is 11.4. The zero-order chi connectivity index (χ0) is 17.7. The number of halogens is 2. The molecule has 2 aromatic rings. The van der Waals surface area contributed by atoms with E-state index in [0.29, 0.717) is 12.1 Å². The number of nitrogens with one attached hydrogen (secondary N) is 2. The summed E-state index contributed by atoms with van der Waals surface area (Å²) in [5, 5.41) is 5.30. The van der Waals surface area contributed by atoms with Crippen molar-refractivity contribution < 1.29 is 18.3 Å². The second kappa shape index (κ2) is 7.77. The molecule has 0 saturated carbocycles. The number of anilines is 1. The van der Waals surface area contributed by atoms with Crippen molar-refractivity contribution in [2.75, 3.05) is 5.32 Å². The Labute approximate surface area is 139 Å². The predicted molar refractivity (Wildman–Crippen MR) is 89.6 cm³/mol. The van der Waals surface area contributed by atoms with E-state index in [0.717, 1.165) is 16.7 Å². The van der Waals surface area contributed by atoms with E-state index in [4.69, 9.17) is 0 Å². The molecule has 2 N–H and O–H groups in total. The van der Waals surface area contributed by atoms with Gasteiger partial charge in [-0.05, 0) is 43.5 Å². The number of hydrogen-bond donors (Lipinski definition) is 2. The van der Waals surface area contributed by atoms with E-state index in [1.807, 2.05) is 32.0 Å². The van der Waals surface area contributed by atoms with Crippen LogP contribution in [0.3, 0.4) is 0 Å². The standard InChI is InChI=1S/C18H20F2N2O2/c1-11-7-8-14(13(3)9-11)10-21-18(23)22-16-12(2)5-4-6-15(16)24-17(19)20/h4-9,17H,10H2,1-3H3,(H2,21,22,23). The summed E-state index contributed by atoms with van der Waals surface area (Å²) >= 11 is 0. The highest BCUT2D eigenvalue weighted by Crippen LogP contribution is 2.29. The number of rotatable bonds is 5. The molecule has 2 aromatic carbocycles. The number of urea groups is 1. The van der Waals surface area contributed by atoms with Crippen molar-refractivity contribution >= 4 is 11.7 Å². The number of hydrogen-bond acceptors (Lipinski definition) is 2. The van der Waals surface area contributed by atoms with Crippen molar-refractivity contribution in [3.05, 3.63) is 58.7 Å². The monoisotopic (exact) mass is 334 g/mol. The van der Waals surface area contributed by atoms with Gasteiger partial charge in [0.15, 0.2) is 0 Å². The van der Waals surface area contributed by atoms with Gasteiger partial charge in [0.2, 0.25) is 0 Å². The number of aryl methyl sites for hydroxylation is 3. The van der Waals surface area contributed by atoms with Gasteiger partial charge >= 0.3 is 12.6 Å². The third-order valence-electron chi connectivity index (χ3n) is 3.63. The van der Waals surface area contributed by atoms with Crippen LogP contribution in [-0.4, -0.2) is 12.6 Å². The smallest absolute Gasteiger partial charge is 0.387 e. The zero-order valence-corrected chi connectivity index (χ0v) is 13.8. The molecular weight excluding hydrogens is 314 g/mol. The fourth-order valence-corrected chi connectivity index (χ4v) is 2.37.